The van der Waals surface area contributed by atoms with Gasteiger partial charge in [0.1, 0.15) is 18.1 Å². The van der Waals surface area contributed by atoms with Crippen LogP contribution in [0.4, 0.5) is 0 Å². The number of carbonyl (C=O) groups is 3. The molecule has 22 heavy (non-hydrogen) atoms. The van der Waals surface area contributed by atoms with Crippen molar-refractivity contribution in [1.82, 2.24) is 0 Å². The molecule has 0 saturated carbocycles. The van der Waals surface area contributed by atoms with Crippen LogP contribution in [0.2, 0.25) is 0 Å². The Kier molecular flexibility index (Phi) is 7.18. The van der Waals surface area contributed by atoms with Crippen molar-refractivity contribution in [3.05, 3.63) is 36.4 Å². The molecule has 0 aliphatic rings. The lowest BCUT2D eigenvalue weighted by atomic mass is 10.3. The van der Waals surface area contributed by atoms with Crippen LogP contribution in [0, 0.1) is 0 Å². The topological polar surface area (TPSA) is 88.1 Å². The van der Waals surface area contributed by atoms with Crippen molar-refractivity contribution in [1.29, 1.82) is 0 Å². The van der Waals surface area contributed by atoms with Crippen molar-refractivity contribution in [2.75, 3.05) is 20.8 Å². The highest BCUT2D eigenvalue weighted by Crippen LogP contribution is 2.17. The third kappa shape index (κ3) is 6.56. The first-order valence-corrected chi connectivity index (χ1v) is 6.32. The average Bonchev–Trinajstić information content (AvgIpc) is 2.53. The summed E-state index contributed by atoms with van der Waals surface area (Å²) in [5.74, 6) is -0.956. The van der Waals surface area contributed by atoms with Crippen LogP contribution < -0.4 is 9.47 Å². The third-order valence-electron chi connectivity index (χ3n) is 2.40. The zero-order valence-corrected chi connectivity index (χ0v) is 12.2. The molecule has 0 amide bonds. The molecule has 0 bridgehead atoms. The Bertz CT molecular complexity index is 546. The highest BCUT2D eigenvalue weighted by atomic mass is 16.6. The molecule has 0 aliphatic carbocycles. The number of hydrogen-bond acceptors (Lipinski definition) is 7. The summed E-state index contributed by atoms with van der Waals surface area (Å²) in [4.78, 5) is 33.5. The van der Waals surface area contributed by atoms with E-state index in [9.17, 15) is 14.4 Å². The molecule has 0 aliphatic heterocycles. The molecular weight excluding hydrogens is 292 g/mol. The van der Waals surface area contributed by atoms with Gasteiger partial charge < -0.3 is 18.9 Å². The summed E-state index contributed by atoms with van der Waals surface area (Å²) in [6.07, 6.45) is 1.74. The highest BCUT2D eigenvalue weighted by molar-refractivity contribution is 5.91. The van der Waals surface area contributed by atoms with E-state index in [1.807, 2.05) is 0 Å². The predicted molar refractivity (Wildman–Crippen MR) is 75.4 cm³/mol. The molecule has 0 fully saturated rings. The minimum absolute atomic E-state index is 0.107. The summed E-state index contributed by atoms with van der Waals surface area (Å²) in [6.45, 7) is -0.153. The van der Waals surface area contributed by atoms with Crippen molar-refractivity contribution in [3.8, 4) is 11.5 Å². The van der Waals surface area contributed by atoms with E-state index in [4.69, 9.17) is 14.2 Å². The SMILES string of the molecule is COC(=O)/C=C/C(=O)OCCC(=O)Oc1ccc(OC)cc1. The average molecular weight is 308 g/mol. The fourth-order valence-electron chi connectivity index (χ4n) is 1.31. The number of rotatable bonds is 7. The first kappa shape index (κ1) is 17.2. The van der Waals surface area contributed by atoms with Gasteiger partial charge in [0.2, 0.25) is 0 Å². The third-order valence-corrected chi connectivity index (χ3v) is 2.40. The fourth-order valence-corrected chi connectivity index (χ4v) is 1.31. The van der Waals surface area contributed by atoms with Gasteiger partial charge in [0.25, 0.3) is 0 Å². The molecule has 118 valence electrons. The van der Waals surface area contributed by atoms with Crippen LogP contribution in [0.25, 0.3) is 0 Å². The van der Waals surface area contributed by atoms with Crippen molar-refractivity contribution in [3.63, 3.8) is 0 Å². The van der Waals surface area contributed by atoms with Crippen LogP contribution in [0.15, 0.2) is 36.4 Å². The van der Waals surface area contributed by atoms with Gasteiger partial charge >= 0.3 is 17.9 Å². The summed E-state index contributed by atoms with van der Waals surface area (Å²) in [5, 5.41) is 0. The summed E-state index contributed by atoms with van der Waals surface area (Å²) in [7, 11) is 2.72. The Morgan fingerprint density at radius 1 is 0.955 bits per heavy atom. The molecule has 1 aromatic carbocycles. The number of carbonyl (C=O) groups excluding carboxylic acids is 3. The van der Waals surface area contributed by atoms with Gasteiger partial charge in [-0.15, -0.1) is 0 Å². The summed E-state index contributed by atoms with van der Waals surface area (Å²) >= 11 is 0. The van der Waals surface area contributed by atoms with Crippen LogP contribution in [0.5, 0.6) is 11.5 Å². The molecule has 0 radical (unpaired) electrons. The lowest BCUT2D eigenvalue weighted by Gasteiger charge is -2.05. The Hall–Kier alpha value is -2.83. The highest BCUT2D eigenvalue weighted by Gasteiger charge is 2.07. The fraction of sp³-hybridized carbons (Fsp3) is 0.267. The first-order chi connectivity index (χ1) is 10.5. The van der Waals surface area contributed by atoms with E-state index in [1.54, 1.807) is 24.3 Å². The van der Waals surface area contributed by atoms with Crippen LogP contribution in [0.3, 0.4) is 0 Å². The molecule has 1 aromatic rings. The molecule has 0 N–H and O–H groups in total. The number of ether oxygens (including phenoxy) is 4. The molecule has 0 heterocycles. The second-order valence-corrected chi connectivity index (χ2v) is 3.92. The molecule has 0 spiro atoms. The van der Waals surface area contributed by atoms with Gasteiger partial charge in [0.05, 0.1) is 20.6 Å². The van der Waals surface area contributed by atoms with E-state index in [0.29, 0.717) is 11.5 Å². The molecule has 7 heteroatoms. The summed E-state index contributed by atoms with van der Waals surface area (Å²) in [6, 6.07) is 6.48. The van der Waals surface area contributed by atoms with E-state index in [-0.39, 0.29) is 13.0 Å². The molecule has 7 nitrogen and oxygen atoms in total. The standard InChI is InChI=1S/C15H16O7/c1-19-11-3-5-12(6-4-11)22-15(18)9-10-21-14(17)8-7-13(16)20-2/h3-8H,9-10H2,1-2H3/b8-7+. The van der Waals surface area contributed by atoms with Gasteiger partial charge in [-0.05, 0) is 24.3 Å². The molecule has 1 rings (SSSR count). The molecule has 0 atom stereocenters. The van der Waals surface area contributed by atoms with Crippen molar-refractivity contribution in [2.45, 2.75) is 6.42 Å². The van der Waals surface area contributed by atoms with Gasteiger partial charge in [-0.25, -0.2) is 9.59 Å². The Balaban J connectivity index is 2.29. The normalized spacial score (nSPS) is 10.1. The van der Waals surface area contributed by atoms with E-state index in [2.05, 4.69) is 4.74 Å². The van der Waals surface area contributed by atoms with Crippen LogP contribution in [-0.4, -0.2) is 38.7 Å². The van der Waals surface area contributed by atoms with Crippen LogP contribution in [-0.2, 0) is 23.9 Å². The summed E-state index contributed by atoms with van der Waals surface area (Å²) in [5.41, 5.74) is 0. The maximum Gasteiger partial charge on any atom is 0.331 e. The van der Waals surface area contributed by atoms with Gasteiger partial charge in [0, 0.05) is 12.2 Å². The molecular formula is C15H16O7. The quantitative estimate of drug-likeness (QED) is 0.425. The maximum atomic E-state index is 11.5. The van der Waals surface area contributed by atoms with E-state index in [0.717, 1.165) is 12.2 Å². The van der Waals surface area contributed by atoms with Gasteiger partial charge in [0.15, 0.2) is 0 Å². The largest absolute Gasteiger partial charge is 0.497 e. The van der Waals surface area contributed by atoms with Crippen molar-refractivity contribution >= 4 is 17.9 Å². The number of methoxy groups -OCH3 is 2. The van der Waals surface area contributed by atoms with Crippen LogP contribution in [0.1, 0.15) is 6.42 Å². The second kappa shape index (κ2) is 9.17. The number of hydrogen-bond donors (Lipinski definition) is 0. The van der Waals surface area contributed by atoms with E-state index in [1.165, 1.54) is 14.2 Å². The minimum atomic E-state index is -0.748. The second-order valence-electron chi connectivity index (χ2n) is 3.92. The maximum absolute atomic E-state index is 11.5. The number of esters is 3. The Labute approximate surface area is 127 Å². The van der Waals surface area contributed by atoms with Gasteiger partial charge in [-0.3, -0.25) is 4.79 Å². The zero-order chi connectivity index (χ0) is 16.4. The van der Waals surface area contributed by atoms with Crippen molar-refractivity contribution < 1.29 is 33.3 Å². The smallest absolute Gasteiger partial charge is 0.331 e. The van der Waals surface area contributed by atoms with E-state index < -0.39 is 17.9 Å². The number of benzene rings is 1. The lowest BCUT2D eigenvalue weighted by Crippen LogP contribution is -2.13. The summed E-state index contributed by atoms with van der Waals surface area (Å²) < 4.78 is 19.0. The van der Waals surface area contributed by atoms with Gasteiger partial charge in [-0.2, -0.15) is 0 Å². The Morgan fingerprint density at radius 3 is 2.14 bits per heavy atom. The minimum Gasteiger partial charge on any atom is -0.497 e. The van der Waals surface area contributed by atoms with Crippen molar-refractivity contribution in [2.24, 2.45) is 0 Å². The van der Waals surface area contributed by atoms with Crippen LogP contribution >= 0.6 is 0 Å². The van der Waals surface area contributed by atoms with E-state index >= 15 is 0 Å². The molecule has 0 saturated heterocycles. The first-order valence-electron chi connectivity index (χ1n) is 6.32. The Morgan fingerprint density at radius 2 is 1.55 bits per heavy atom. The monoisotopic (exact) mass is 308 g/mol. The molecule has 0 unspecified atom stereocenters. The zero-order valence-electron chi connectivity index (χ0n) is 12.2. The molecule has 0 aromatic heterocycles. The lowest BCUT2D eigenvalue weighted by molar-refractivity contribution is -0.142. The van der Waals surface area contributed by atoms with Gasteiger partial charge in [-0.1, -0.05) is 0 Å². The predicted octanol–water partition coefficient (Wildman–Crippen LogP) is 1.26.